The first-order chi connectivity index (χ1) is 10.1. The molecule has 0 radical (unpaired) electrons. The average Bonchev–Trinajstić information content (AvgIpc) is 2.83. The Balaban J connectivity index is 2.24. The molecular weight excluding hydrogens is 450 g/mol. The van der Waals surface area contributed by atoms with Crippen LogP contribution >= 0.6 is 38.5 Å². The molecule has 0 spiro atoms. The molecule has 0 aliphatic rings. The molecule has 1 heterocycles. The van der Waals surface area contributed by atoms with E-state index in [1.165, 1.54) is 12.1 Å². The lowest BCUT2D eigenvalue weighted by Gasteiger charge is -2.06. The van der Waals surface area contributed by atoms with Crippen molar-refractivity contribution in [2.24, 2.45) is 0 Å². The van der Waals surface area contributed by atoms with E-state index >= 15 is 0 Å². The van der Waals surface area contributed by atoms with E-state index in [2.05, 4.69) is 43.7 Å². The summed E-state index contributed by atoms with van der Waals surface area (Å²) in [5, 5.41) is 4.04. The highest BCUT2D eigenvalue weighted by Gasteiger charge is 2.19. The fourth-order valence-corrected chi connectivity index (χ4v) is 3.01. The summed E-state index contributed by atoms with van der Waals surface area (Å²) in [6.45, 7) is 0. The van der Waals surface area contributed by atoms with Crippen LogP contribution < -0.4 is 5.73 Å². The highest BCUT2D eigenvalue weighted by molar-refractivity contribution is 14.1. The van der Waals surface area contributed by atoms with Gasteiger partial charge in [-0.15, -0.1) is 0 Å². The molecule has 3 aromatic rings. The highest BCUT2D eigenvalue weighted by atomic mass is 127. The van der Waals surface area contributed by atoms with Gasteiger partial charge in [0.05, 0.1) is 5.56 Å². The van der Waals surface area contributed by atoms with E-state index in [0.29, 0.717) is 16.8 Å². The van der Waals surface area contributed by atoms with Crippen molar-refractivity contribution in [3.05, 3.63) is 56.3 Å². The van der Waals surface area contributed by atoms with Crippen LogP contribution in [0.25, 0.3) is 22.4 Å². The molecule has 1 aromatic heterocycles. The topological polar surface area (TPSA) is 52.0 Å². The number of rotatable bonds is 2. The van der Waals surface area contributed by atoms with Gasteiger partial charge in [0.25, 0.3) is 0 Å². The third kappa shape index (κ3) is 2.82. The van der Waals surface area contributed by atoms with Crippen LogP contribution in [0.15, 0.2) is 51.5 Å². The summed E-state index contributed by atoms with van der Waals surface area (Å²) in [4.78, 5) is 0. The highest BCUT2D eigenvalue weighted by Crippen LogP contribution is 2.39. The molecule has 0 amide bonds. The van der Waals surface area contributed by atoms with Gasteiger partial charge >= 0.3 is 0 Å². The van der Waals surface area contributed by atoms with Crippen LogP contribution in [0.1, 0.15) is 0 Å². The molecule has 3 rings (SSSR count). The van der Waals surface area contributed by atoms with Crippen molar-refractivity contribution >= 4 is 44.4 Å². The standard InChI is InChI=1S/C15H9BrFIN2O/c16-12-5-4-10(18)7-11(12)14-13(15(19)21-20-14)8-2-1-3-9(17)6-8/h1-7H,19H2. The van der Waals surface area contributed by atoms with Crippen molar-refractivity contribution in [3.8, 4) is 22.4 Å². The summed E-state index contributed by atoms with van der Waals surface area (Å²) in [5.74, 6) is -0.165. The number of anilines is 1. The molecule has 2 aromatic carbocycles. The van der Waals surface area contributed by atoms with Gasteiger partial charge in [0.1, 0.15) is 11.5 Å². The maximum Gasteiger partial charge on any atom is 0.230 e. The van der Waals surface area contributed by atoms with Gasteiger partial charge in [-0.3, -0.25) is 0 Å². The van der Waals surface area contributed by atoms with E-state index in [4.69, 9.17) is 10.3 Å². The molecule has 0 saturated heterocycles. The molecule has 0 fully saturated rings. The summed E-state index contributed by atoms with van der Waals surface area (Å²) in [6, 6.07) is 12.1. The number of nitrogens with two attached hydrogens (primary N) is 1. The number of hydrogen-bond donors (Lipinski definition) is 1. The summed E-state index contributed by atoms with van der Waals surface area (Å²) in [7, 11) is 0. The maximum atomic E-state index is 13.5. The third-order valence-corrected chi connectivity index (χ3v) is 4.38. The van der Waals surface area contributed by atoms with Crippen LogP contribution in [0.4, 0.5) is 10.3 Å². The van der Waals surface area contributed by atoms with Crippen molar-refractivity contribution in [2.75, 3.05) is 5.73 Å². The Labute approximate surface area is 142 Å². The van der Waals surface area contributed by atoms with Crippen LogP contribution in [0.3, 0.4) is 0 Å². The van der Waals surface area contributed by atoms with Crippen molar-refractivity contribution in [3.63, 3.8) is 0 Å². The Kier molecular flexibility index (Phi) is 3.99. The molecular formula is C15H9BrFIN2O. The van der Waals surface area contributed by atoms with Crippen LogP contribution in [-0.2, 0) is 0 Å². The minimum Gasteiger partial charge on any atom is -0.367 e. The third-order valence-electron chi connectivity index (χ3n) is 3.02. The smallest absolute Gasteiger partial charge is 0.230 e. The lowest BCUT2D eigenvalue weighted by atomic mass is 10.0. The fourth-order valence-electron chi connectivity index (χ4n) is 2.09. The zero-order valence-corrected chi connectivity index (χ0v) is 14.4. The molecule has 0 unspecified atom stereocenters. The van der Waals surface area contributed by atoms with Gasteiger partial charge in [0.15, 0.2) is 0 Å². The Morgan fingerprint density at radius 1 is 1.19 bits per heavy atom. The second-order valence-corrected chi connectivity index (χ2v) is 6.50. The van der Waals surface area contributed by atoms with Crippen LogP contribution in [0, 0.1) is 9.39 Å². The van der Waals surface area contributed by atoms with Crippen LogP contribution in [0.2, 0.25) is 0 Å². The van der Waals surface area contributed by atoms with Gasteiger partial charge < -0.3 is 10.3 Å². The first-order valence-electron chi connectivity index (χ1n) is 6.03. The van der Waals surface area contributed by atoms with Crippen molar-refractivity contribution in [1.29, 1.82) is 0 Å². The SMILES string of the molecule is Nc1onc(-c2cc(I)ccc2Br)c1-c1cccc(F)c1. The molecule has 3 nitrogen and oxygen atoms in total. The van der Waals surface area contributed by atoms with E-state index < -0.39 is 0 Å². The predicted molar refractivity (Wildman–Crippen MR) is 92.2 cm³/mol. The van der Waals surface area contributed by atoms with Gasteiger partial charge in [-0.2, -0.15) is 0 Å². The normalized spacial score (nSPS) is 10.8. The quantitative estimate of drug-likeness (QED) is 0.543. The van der Waals surface area contributed by atoms with Gasteiger partial charge in [-0.05, 0) is 58.5 Å². The van der Waals surface area contributed by atoms with E-state index in [0.717, 1.165) is 13.6 Å². The van der Waals surface area contributed by atoms with Crippen molar-refractivity contribution in [2.45, 2.75) is 0 Å². The minimum absolute atomic E-state index is 0.168. The zero-order chi connectivity index (χ0) is 15.0. The average molecular weight is 459 g/mol. The second-order valence-electron chi connectivity index (χ2n) is 4.40. The summed E-state index contributed by atoms with van der Waals surface area (Å²) >= 11 is 5.71. The van der Waals surface area contributed by atoms with Gasteiger partial charge in [-0.1, -0.05) is 33.2 Å². The summed E-state index contributed by atoms with van der Waals surface area (Å²) in [5.41, 5.74) is 8.54. The Morgan fingerprint density at radius 3 is 2.76 bits per heavy atom. The first-order valence-corrected chi connectivity index (χ1v) is 7.90. The molecule has 0 saturated carbocycles. The monoisotopic (exact) mass is 458 g/mol. The Hall–Kier alpha value is -1.41. The number of benzene rings is 2. The molecule has 0 aliphatic heterocycles. The summed E-state index contributed by atoms with van der Waals surface area (Å²) in [6.07, 6.45) is 0. The molecule has 21 heavy (non-hydrogen) atoms. The number of nitrogens with zero attached hydrogens (tertiary/aromatic N) is 1. The predicted octanol–water partition coefficient (Wildman–Crippen LogP) is 5.10. The van der Waals surface area contributed by atoms with Crippen LogP contribution in [0.5, 0.6) is 0 Å². The Bertz CT molecular complexity index is 819. The number of hydrogen-bond acceptors (Lipinski definition) is 3. The lowest BCUT2D eigenvalue weighted by molar-refractivity contribution is 0.439. The Morgan fingerprint density at radius 2 is 2.00 bits per heavy atom. The maximum absolute atomic E-state index is 13.5. The van der Waals surface area contributed by atoms with E-state index in [-0.39, 0.29) is 11.7 Å². The fraction of sp³-hybridized carbons (Fsp3) is 0. The number of nitrogen functional groups attached to an aromatic ring is 1. The molecule has 6 heteroatoms. The molecule has 0 aliphatic carbocycles. The molecule has 0 bridgehead atoms. The van der Waals surface area contributed by atoms with E-state index in [1.807, 2.05) is 18.2 Å². The zero-order valence-electron chi connectivity index (χ0n) is 10.6. The molecule has 2 N–H and O–H groups in total. The van der Waals surface area contributed by atoms with Crippen molar-refractivity contribution < 1.29 is 8.91 Å². The first kappa shape index (κ1) is 14.5. The van der Waals surface area contributed by atoms with Gasteiger partial charge in [0.2, 0.25) is 5.88 Å². The number of halogens is 3. The van der Waals surface area contributed by atoms with E-state index in [1.54, 1.807) is 12.1 Å². The second kappa shape index (κ2) is 5.76. The molecule has 0 atom stereocenters. The van der Waals surface area contributed by atoms with E-state index in [9.17, 15) is 4.39 Å². The molecule has 106 valence electrons. The van der Waals surface area contributed by atoms with Crippen molar-refractivity contribution in [1.82, 2.24) is 5.16 Å². The van der Waals surface area contributed by atoms with Gasteiger partial charge in [0, 0.05) is 13.6 Å². The summed E-state index contributed by atoms with van der Waals surface area (Å²) < 4.78 is 20.5. The van der Waals surface area contributed by atoms with Gasteiger partial charge in [-0.25, -0.2) is 4.39 Å². The minimum atomic E-state index is -0.333. The lowest BCUT2D eigenvalue weighted by Crippen LogP contribution is -1.89. The number of aromatic nitrogens is 1. The largest absolute Gasteiger partial charge is 0.367 e. The van der Waals surface area contributed by atoms with Crippen LogP contribution in [-0.4, -0.2) is 5.16 Å².